The number of rotatable bonds is 0. The molecular formula is C13H6F8. The standard InChI is InChI=1S/C8H6.C5F8/c1-2-4-8-6-5-7(8)3-1;6-1-2(7)4(10,11)5(12,13)3(1,8)9/h1-6H;. The average molecular weight is 314 g/mol. The molecule has 0 aromatic heterocycles. The third-order valence-corrected chi connectivity index (χ3v) is 2.97. The minimum atomic E-state index is -6.06. The summed E-state index contributed by atoms with van der Waals surface area (Å²) in [7, 11) is 0. The van der Waals surface area contributed by atoms with Crippen LogP contribution in [0.15, 0.2) is 35.9 Å². The summed E-state index contributed by atoms with van der Waals surface area (Å²) in [5.41, 5.74) is 2.74. The minimum absolute atomic E-state index is 1.37. The van der Waals surface area contributed by atoms with E-state index in [0.29, 0.717) is 0 Å². The number of halogens is 8. The van der Waals surface area contributed by atoms with Gasteiger partial charge in [-0.3, -0.25) is 0 Å². The topological polar surface area (TPSA) is 0 Å². The first-order chi connectivity index (χ1) is 9.53. The van der Waals surface area contributed by atoms with Crippen molar-refractivity contribution in [2.45, 2.75) is 17.8 Å². The summed E-state index contributed by atoms with van der Waals surface area (Å²) >= 11 is 0. The zero-order valence-corrected chi connectivity index (χ0v) is 9.99. The summed E-state index contributed by atoms with van der Waals surface area (Å²) in [5, 5.41) is 0. The molecule has 2 aliphatic carbocycles. The predicted molar refractivity (Wildman–Crippen MR) is 59.5 cm³/mol. The fourth-order valence-corrected chi connectivity index (χ4v) is 1.65. The Hall–Kier alpha value is -1.86. The molecule has 0 heterocycles. The van der Waals surface area contributed by atoms with Gasteiger partial charge in [-0.15, -0.1) is 0 Å². The molecular weight excluding hydrogens is 308 g/mol. The van der Waals surface area contributed by atoms with Crippen molar-refractivity contribution < 1.29 is 35.1 Å². The van der Waals surface area contributed by atoms with Crippen LogP contribution in [0.4, 0.5) is 35.1 Å². The number of hydrogen-bond donors (Lipinski definition) is 0. The van der Waals surface area contributed by atoms with Crippen LogP contribution in [-0.4, -0.2) is 17.8 Å². The molecule has 0 unspecified atom stereocenters. The predicted octanol–water partition coefficient (Wildman–Crippen LogP) is 5.23. The molecule has 1 aromatic carbocycles. The lowest BCUT2D eigenvalue weighted by molar-refractivity contribution is -0.271. The average Bonchev–Trinajstić information content (AvgIpc) is 2.45. The van der Waals surface area contributed by atoms with E-state index in [4.69, 9.17) is 0 Å². The van der Waals surface area contributed by atoms with Crippen LogP contribution >= 0.6 is 0 Å². The van der Waals surface area contributed by atoms with Crippen molar-refractivity contribution in [2.75, 3.05) is 0 Å². The highest BCUT2D eigenvalue weighted by atomic mass is 19.4. The van der Waals surface area contributed by atoms with Crippen LogP contribution in [0.2, 0.25) is 0 Å². The fourth-order valence-electron chi connectivity index (χ4n) is 1.65. The second-order valence-corrected chi connectivity index (χ2v) is 4.31. The zero-order valence-electron chi connectivity index (χ0n) is 9.99. The highest BCUT2D eigenvalue weighted by Crippen LogP contribution is 2.59. The largest absolute Gasteiger partial charge is 0.385 e. The Morgan fingerprint density at radius 1 is 0.619 bits per heavy atom. The number of hydrogen-bond acceptors (Lipinski definition) is 0. The Bertz CT molecular complexity index is 576. The first-order valence-corrected chi connectivity index (χ1v) is 5.50. The van der Waals surface area contributed by atoms with Crippen molar-refractivity contribution >= 4 is 12.2 Å². The van der Waals surface area contributed by atoms with Gasteiger partial charge in [-0.2, -0.15) is 26.3 Å². The van der Waals surface area contributed by atoms with E-state index in [2.05, 4.69) is 36.4 Å². The molecule has 0 radical (unpaired) electrons. The normalized spacial score (nSPS) is 23.0. The molecule has 0 N–H and O–H groups in total. The van der Waals surface area contributed by atoms with Gasteiger partial charge >= 0.3 is 17.8 Å². The highest BCUT2D eigenvalue weighted by Gasteiger charge is 2.82. The summed E-state index contributed by atoms with van der Waals surface area (Å²) in [6, 6.07) is 8.36. The van der Waals surface area contributed by atoms with Crippen LogP contribution in [0.25, 0.3) is 12.2 Å². The number of fused-ring (bicyclic) bond motifs is 1. The smallest absolute Gasteiger partial charge is 0.202 e. The molecule has 0 saturated carbocycles. The molecule has 0 spiro atoms. The van der Waals surface area contributed by atoms with E-state index in [1.54, 1.807) is 0 Å². The second kappa shape index (κ2) is 4.57. The summed E-state index contributed by atoms with van der Waals surface area (Å²) < 4.78 is 95.6. The fraction of sp³-hybridized carbons (Fsp3) is 0.231. The maximum absolute atomic E-state index is 12.0. The molecule has 21 heavy (non-hydrogen) atoms. The maximum atomic E-state index is 12.0. The number of allylic oxidation sites excluding steroid dienone is 2. The van der Waals surface area contributed by atoms with Crippen molar-refractivity contribution in [3.8, 4) is 0 Å². The van der Waals surface area contributed by atoms with Crippen molar-refractivity contribution in [1.82, 2.24) is 0 Å². The molecule has 0 nitrogen and oxygen atoms in total. The molecule has 2 aliphatic rings. The molecule has 0 bridgehead atoms. The monoisotopic (exact) mass is 314 g/mol. The van der Waals surface area contributed by atoms with Gasteiger partial charge in [0.1, 0.15) is 0 Å². The van der Waals surface area contributed by atoms with E-state index >= 15 is 0 Å². The van der Waals surface area contributed by atoms with Gasteiger partial charge in [-0.25, -0.2) is 8.78 Å². The third kappa shape index (κ3) is 2.04. The van der Waals surface area contributed by atoms with Crippen molar-refractivity contribution in [3.05, 3.63) is 47.0 Å². The lowest BCUT2D eigenvalue weighted by Crippen LogP contribution is -2.48. The van der Waals surface area contributed by atoms with Crippen molar-refractivity contribution in [2.24, 2.45) is 0 Å². The Kier molecular flexibility index (Phi) is 3.38. The van der Waals surface area contributed by atoms with Gasteiger partial charge in [0.2, 0.25) is 11.7 Å². The van der Waals surface area contributed by atoms with E-state index in [-0.39, 0.29) is 0 Å². The molecule has 114 valence electrons. The first-order valence-electron chi connectivity index (χ1n) is 5.50. The summed E-state index contributed by atoms with van der Waals surface area (Å²) in [4.78, 5) is 0. The molecule has 0 fully saturated rings. The lowest BCUT2D eigenvalue weighted by atomic mass is 9.99. The Balaban J connectivity index is 0.000000170. The van der Waals surface area contributed by atoms with E-state index in [0.717, 1.165) is 0 Å². The number of alkyl halides is 6. The van der Waals surface area contributed by atoms with E-state index in [9.17, 15) is 35.1 Å². The molecule has 0 aliphatic heterocycles. The quantitative estimate of drug-likeness (QED) is 0.584. The van der Waals surface area contributed by atoms with Gasteiger partial charge in [-0.05, 0) is 11.1 Å². The molecule has 0 saturated heterocycles. The Morgan fingerprint density at radius 2 is 0.952 bits per heavy atom. The second-order valence-electron chi connectivity index (χ2n) is 4.31. The van der Waals surface area contributed by atoms with Crippen LogP contribution in [-0.2, 0) is 0 Å². The molecule has 0 amide bonds. The van der Waals surface area contributed by atoms with Crippen LogP contribution in [0, 0.1) is 0 Å². The molecule has 3 rings (SSSR count). The van der Waals surface area contributed by atoms with Crippen molar-refractivity contribution in [1.29, 1.82) is 0 Å². The van der Waals surface area contributed by atoms with Gasteiger partial charge in [0.05, 0.1) is 0 Å². The third-order valence-electron chi connectivity index (χ3n) is 2.97. The zero-order chi connectivity index (χ0) is 16.1. The SMILES string of the molecule is C1=Cc2ccccc21.FC1=C(F)C(F)(F)C(F)(F)C1(F)F. The van der Waals surface area contributed by atoms with Crippen LogP contribution in [0.5, 0.6) is 0 Å². The molecule has 8 heteroatoms. The van der Waals surface area contributed by atoms with Gasteiger partial charge in [0.25, 0.3) is 0 Å². The summed E-state index contributed by atoms with van der Waals surface area (Å²) in [6.45, 7) is 0. The molecule has 1 aromatic rings. The lowest BCUT2D eigenvalue weighted by Gasteiger charge is -2.22. The van der Waals surface area contributed by atoms with Crippen molar-refractivity contribution in [3.63, 3.8) is 0 Å². The number of benzene rings is 1. The minimum Gasteiger partial charge on any atom is -0.202 e. The van der Waals surface area contributed by atoms with Crippen LogP contribution in [0.3, 0.4) is 0 Å². The van der Waals surface area contributed by atoms with Crippen LogP contribution in [0.1, 0.15) is 11.1 Å². The van der Waals surface area contributed by atoms with E-state index in [1.165, 1.54) is 11.1 Å². The Morgan fingerprint density at radius 3 is 1.10 bits per heavy atom. The van der Waals surface area contributed by atoms with Crippen LogP contribution < -0.4 is 0 Å². The van der Waals surface area contributed by atoms with Gasteiger partial charge in [-0.1, -0.05) is 36.4 Å². The molecule has 0 atom stereocenters. The van der Waals surface area contributed by atoms with Gasteiger partial charge in [0.15, 0.2) is 0 Å². The summed E-state index contributed by atoms with van der Waals surface area (Å²) in [5.74, 6) is -24.5. The highest BCUT2D eigenvalue weighted by molar-refractivity contribution is 5.85. The van der Waals surface area contributed by atoms with E-state index < -0.39 is 29.4 Å². The Labute approximate surface area is 113 Å². The van der Waals surface area contributed by atoms with Gasteiger partial charge < -0.3 is 0 Å². The summed E-state index contributed by atoms with van der Waals surface area (Å²) in [6.07, 6.45) is 4.24. The van der Waals surface area contributed by atoms with Gasteiger partial charge in [0, 0.05) is 0 Å². The maximum Gasteiger partial charge on any atom is 0.385 e. The van der Waals surface area contributed by atoms with E-state index in [1.807, 2.05) is 0 Å². The first kappa shape index (κ1) is 15.5.